The molecule has 0 radical (unpaired) electrons. The van der Waals surface area contributed by atoms with Crippen LogP contribution in [0.15, 0.2) is 39.4 Å². The Morgan fingerprint density at radius 2 is 2.20 bits per heavy atom. The number of ether oxygens (including phenoxy) is 1. The average Bonchev–Trinajstić information content (AvgIpc) is 2.87. The van der Waals surface area contributed by atoms with Gasteiger partial charge in [-0.25, -0.2) is 0 Å². The van der Waals surface area contributed by atoms with E-state index in [0.717, 1.165) is 32.2 Å². The number of rotatable bonds is 3. The Morgan fingerprint density at radius 1 is 1.35 bits per heavy atom. The van der Waals surface area contributed by atoms with Gasteiger partial charge in [0, 0.05) is 33.5 Å². The van der Waals surface area contributed by atoms with Gasteiger partial charge in [-0.1, -0.05) is 15.9 Å². The predicted octanol–water partition coefficient (Wildman–Crippen LogP) is 3.97. The molecule has 0 bridgehead atoms. The highest BCUT2D eigenvalue weighted by Gasteiger charge is 2.21. The summed E-state index contributed by atoms with van der Waals surface area (Å²) in [6.07, 6.45) is 2.81. The maximum Gasteiger partial charge on any atom is 0.186 e. The zero-order valence-corrected chi connectivity index (χ0v) is 13.7. The number of pyridine rings is 1. The first kappa shape index (κ1) is 13.8. The molecule has 20 heavy (non-hydrogen) atoms. The van der Waals surface area contributed by atoms with E-state index in [1.807, 2.05) is 18.2 Å². The number of carbonyl (C=O) groups is 1. The summed E-state index contributed by atoms with van der Waals surface area (Å²) in [6.45, 7) is 0.681. The quantitative estimate of drug-likeness (QED) is 0.737. The van der Waals surface area contributed by atoms with E-state index in [1.54, 1.807) is 12.3 Å². The van der Waals surface area contributed by atoms with Crippen LogP contribution in [0, 0.1) is 0 Å². The second-order valence-electron chi connectivity index (χ2n) is 4.59. The van der Waals surface area contributed by atoms with Crippen LogP contribution in [0.25, 0.3) is 0 Å². The van der Waals surface area contributed by atoms with Gasteiger partial charge in [-0.15, -0.1) is 0 Å². The first-order chi connectivity index (χ1) is 9.65. The summed E-state index contributed by atoms with van der Waals surface area (Å²) in [5.41, 5.74) is 2.52. The molecule has 2 heterocycles. The van der Waals surface area contributed by atoms with Crippen molar-refractivity contribution < 1.29 is 9.53 Å². The summed E-state index contributed by atoms with van der Waals surface area (Å²) >= 11 is 6.85. The second-order valence-corrected chi connectivity index (χ2v) is 6.36. The summed E-state index contributed by atoms with van der Waals surface area (Å²) in [5.74, 6) is 0.835. The maximum atomic E-state index is 12.4. The Balaban J connectivity index is 1.93. The molecule has 102 valence electrons. The van der Waals surface area contributed by atoms with E-state index >= 15 is 0 Å². The molecule has 1 aromatic carbocycles. The standard InChI is InChI=1S/C15H11Br2NO2/c16-11-6-9-3-5-20-15(9)10(7-11)8-13(19)14-12(17)2-1-4-18-14/h1-2,4,6-7H,3,5,8H2. The monoisotopic (exact) mass is 395 g/mol. The lowest BCUT2D eigenvalue weighted by molar-refractivity contribution is 0.0986. The van der Waals surface area contributed by atoms with E-state index in [9.17, 15) is 4.79 Å². The lowest BCUT2D eigenvalue weighted by Gasteiger charge is -2.09. The highest BCUT2D eigenvalue weighted by Crippen LogP contribution is 2.33. The van der Waals surface area contributed by atoms with Gasteiger partial charge in [0.1, 0.15) is 11.4 Å². The summed E-state index contributed by atoms with van der Waals surface area (Å²) in [6, 6.07) is 7.61. The third-order valence-corrected chi connectivity index (χ3v) is 4.30. The van der Waals surface area contributed by atoms with Crippen molar-refractivity contribution in [1.82, 2.24) is 4.98 Å². The molecule has 1 aromatic heterocycles. The molecule has 0 fully saturated rings. The topological polar surface area (TPSA) is 39.2 Å². The van der Waals surface area contributed by atoms with Crippen LogP contribution in [-0.4, -0.2) is 17.4 Å². The van der Waals surface area contributed by atoms with E-state index < -0.39 is 0 Å². The Bertz CT molecular complexity index is 686. The lowest BCUT2D eigenvalue weighted by Crippen LogP contribution is -2.08. The first-order valence-corrected chi connectivity index (χ1v) is 7.81. The van der Waals surface area contributed by atoms with E-state index in [-0.39, 0.29) is 12.2 Å². The third kappa shape index (κ3) is 2.65. The fourth-order valence-corrected chi connectivity index (χ4v) is 3.35. The van der Waals surface area contributed by atoms with Crippen molar-refractivity contribution in [3.63, 3.8) is 0 Å². The van der Waals surface area contributed by atoms with Gasteiger partial charge in [-0.05, 0) is 45.8 Å². The molecule has 1 aliphatic heterocycles. The molecule has 0 aliphatic carbocycles. The fraction of sp³-hybridized carbons (Fsp3) is 0.200. The predicted molar refractivity (Wildman–Crippen MR) is 83.3 cm³/mol. The molecule has 0 spiro atoms. The van der Waals surface area contributed by atoms with Crippen molar-refractivity contribution in [3.05, 3.63) is 56.2 Å². The minimum atomic E-state index is -0.0201. The van der Waals surface area contributed by atoms with Gasteiger partial charge in [0.15, 0.2) is 5.78 Å². The molecule has 0 amide bonds. The van der Waals surface area contributed by atoms with Gasteiger partial charge < -0.3 is 4.74 Å². The van der Waals surface area contributed by atoms with Crippen LogP contribution < -0.4 is 4.74 Å². The van der Waals surface area contributed by atoms with Gasteiger partial charge in [-0.2, -0.15) is 0 Å². The third-order valence-electron chi connectivity index (χ3n) is 3.20. The smallest absolute Gasteiger partial charge is 0.186 e. The van der Waals surface area contributed by atoms with Gasteiger partial charge in [0.2, 0.25) is 0 Å². The summed E-state index contributed by atoms with van der Waals surface area (Å²) in [4.78, 5) is 16.5. The Labute approximate surface area is 133 Å². The number of benzene rings is 1. The van der Waals surface area contributed by atoms with Crippen molar-refractivity contribution in [2.24, 2.45) is 0 Å². The fourth-order valence-electron chi connectivity index (χ4n) is 2.32. The number of Topliss-reactive ketones (excluding diaryl/α,β-unsaturated/α-hetero) is 1. The Hall–Kier alpha value is -1.20. The highest BCUT2D eigenvalue weighted by atomic mass is 79.9. The zero-order valence-electron chi connectivity index (χ0n) is 10.5. The number of fused-ring (bicyclic) bond motifs is 1. The molecule has 0 atom stereocenters. The number of carbonyl (C=O) groups excluding carboxylic acids is 1. The van der Waals surface area contributed by atoms with Crippen LogP contribution in [0.1, 0.15) is 21.6 Å². The van der Waals surface area contributed by atoms with Crippen LogP contribution in [-0.2, 0) is 12.8 Å². The summed E-state index contributed by atoms with van der Waals surface area (Å²) in [5, 5.41) is 0. The minimum Gasteiger partial charge on any atom is -0.493 e. The molecule has 1 aliphatic rings. The van der Waals surface area contributed by atoms with Crippen molar-refractivity contribution in [2.75, 3.05) is 6.61 Å². The number of nitrogens with zero attached hydrogens (tertiary/aromatic N) is 1. The largest absolute Gasteiger partial charge is 0.493 e. The zero-order chi connectivity index (χ0) is 14.1. The van der Waals surface area contributed by atoms with E-state index in [4.69, 9.17) is 4.74 Å². The summed E-state index contributed by atoms with van der Waals surface area (Å²) < 4.78 is 7.34. The molecule has 0 unspecified atom stereocenters. The molecular weight excluding hydrogens is 386 g/mol. The normalized spacial score (nSPS) is 12.9. The van der Waals surface area contributed by atoms with Gasteiger partial charge >= 0.3 is 0 Å². The molecular formula is C15H11Br2NO2. The van der Waals surface area contributed by atoms with Crippen molar-refractivity contribution >= 4 is 37.6 Å². The minimum absolute atomic E-state index is 0.0201. The van der Waals surface area contributed by atoms with Crippen molar-refractivity contribution in [3.8, 4) is 5.75 Å². The first-order valence-electron chi connectivity index (χ1n) is 6.23. The number of hydrogen-bond donors (Lipinski definition) is 0. The summed E-state index contributed by atoms with van der Waals surface area (Å²) in [7, 11) is 0. The number of halogens is 2. The molecule has 3 rings (SSSR count). The van der Waals surface area contributed by atoms with Crippen molar-refractivity contribution in [1.29, 1.82) is 0 Å². The number of aromatic nitrogens is 1. The molecule has 3 nitrogen and oxygen atoms in total. The molecule has 0 N–H and O–H groups in total. The van der Waals surface area contributed by atoms with Gasteiger partial charge in [-0.3, -0.25) is 9.78 Å². The number of hydrogen-bond acceptors (Lipinski definition) is 3. The van der Waals surface area contributed by atoms with E-state index in [2.05, 4.69) is 36.8 Å². The molecule has 2 aromatic rings. The SMILES string of the molecule is O=C(Cc1cc(Br)cc2c1OCC2)c1ncccc1Br. The Morgan fingerprint density at radius 3 is 3.00 bits per heavy atom. The van der Waals surface area contributed by atoms with E-state index in [1.165, 1.54) is 0 Å². The van der Waals surface area contributed by atoms with Gasteiger partial charge in [0.05, 0.1) is 6.61 Å². The Kier molecular flexibility index (Phi) is 3.89. The van der Waals surface area contributed by atoms with Crippen LogP contribution >= 0.6 is 31.9 Å². The second kappa shape index (κ2) is 5.66. The van der Waals surface area contributed by atoms with Crippen LogP contribution in [0.5, 0.6) is 5.75 Å². The lowest BCUT2D eigenvalue weighted by atomic mass is 10.0. The average molecular weight is 397 g/mol. The maximum absolute atomic E-state index is 12.4. The van der Waals surface area contributed by atoms with Crippen LogP contribution in [0.4, 0.5) is 0 Å². The highest BCUT2D eigenvalue weighted by molar-refractivity contribution is 9.10. The molecule has 0 saturated heterocycles. The van der Waals surface area contributed by atoms with Crippen LogP contribution in [0.2, 0.25) is 0 Å². The van der Waals surface area contributed by atoms with Crippen molar-refractivity contribution in [2.45, 2.75) is 12.8 Å². The molecule has 5 heteroatoms. The number of ketones is 1. The van der Waals surface area contributed by atoms with Crippen LogP contribution in [0.3, 0.4) is 0 Å². The molecule has 0 saturated carbocycles. The van der Waals surface area contributed by atoms with Gasteiger partial charge in [0.25, 0.3) is 0 Å². The van der Waals surface area contributed by atoms with E-state index in [0.29, 0.717) is 12.3 Å².